The van der Waals surface area contributed by atoms with E-state index in [0.717, 1.165) is 0 Å². The summed E-state index contributed by atoms with van der Waals surface area (Å²) < 4.78 is 1.99. The molecule has 0 amide bonds. The maximum absolute atomic E-state index is 5.97. The number of hydrazine groups is 1. The van der Waals surface area contributed by atoms with Crippen molar-refractivity contribution in [2.45, 2.75) is 71.1 Å². The van der Waals surface area contributed by atoms with Gasteiger partial charge in [-0.2, -0.15) is 5.10 Å². The van der Waals surface area contributed by atoms with E-state index >= 15 is 0 Å². The van der Waals surface area contributed by atoms with Gasteiger partial charge in [0.2, 0.25) is 0 Å². The first-order valence-corrected chi connectivity index (χ1v) is 7.81. The zero-order chi connectivity index (χ0) is 14.7. The maximum atomic E-state index is 5.97. The van der Waals surface area contributed by atoms with Gasteiger partial charge in [-0.3, -0.25) is 4.68 Å². The average molecular weight is 279 g/mol. The van der Waals surface area contributed by atoms with Gasteiger partial charge in [-0.25, -0.2) is 10.4 Å². The van der Waals surface area contributed by atoms with Crippen LogP contribution in [0.2, 0.25) is 0 Å². The Morgan fingerprint density at radius 3 is 2.50 bits per heavy atom. The third-order valence-electron chi connectivity index (χ3n) is 4.29. The third kappa shape index (κ3) is 3.40. The summed E-state index contributed by atoms with van der Waals surface area (Å²) in [5, 5.41) is 6.80. The molecule has 1 aromatic heterocycles. The van der Waals surface area contributed by atoms with E-state index in [1.165, 1.54) is 24.8 Å². The second-order valence-corrected chi connectivity index (χ2v) is 6.30. The van der Waals surface area contributed by atoms with Crippen molar-refractivity contribution in [1.29, 1.82) is 0 Å². The highest BCUT2D eigenvalue weighted by Gasteiger charge is 2.27. The Hall–Kier alpha value is -0.910. The molecule has 0 bridgehead atoms. The molecule has 1 aliphatic heterocycles. The molecule has 0 saturated carbocycles. The summed E-state index contributed by atoms with van der Waals surface area (Å²) in [4.78, 5) is 0. The summed E-state index contributed by atoms with van der Waals surface area (Å²) in [7, 11) is 0. The molecule has 1 aliphatic rings. The first kappa shape index (κ1) is 15.5. The van der Waals surface area contributed by atoms with E-state index in [1.54, 1.807) is 0 Å². The first-order chi connectivity index (χ1) is 9.52. The average Bonchev–Trinajstić information content (AvgIpc) is 2.88. The van der Waals surface area contributed by atoms with Gasteiger partial charge in [-0.15, -0.1) is 0 Å². The molecular weight excluding hydrogens is 250 g/mol. The number of nitrogens with zero attached hydrogens (tertiary/aromatic N) is 3. The summed E-state index contributed by atoms with van der Waals surface area (Å²) in [5.74, 6) is 0. The summed E-state index contributed by atoms with van der Waals surface area (Å²) in [5.41, 5.74) is 10.8. The van der Waals surface area contributed by atoms with Gasteiger partial charge in [0.15, 0.2) is 0 Å². The fourth-order valence-electron chi connectivity index (χ4n) is 2.93. The molecule has 5 nitrogen and oxygen atoms in total. The number of nitrogens with two attached hydrogens (primary N) is 1. The van der Waals surface area contributed by atoms with E-state index in [2.05, 4.69) is 49.4 Å². The van der Waals surface area contributed by atoms with E-state index in [-0.39, 0.29) is 6.04 Å². The molecule has 3 N–H and O–H groups in total. The van der Waals surface area contributed by atoms with Crippen LogP contribution in [0.3, 0.4) is 0 Å². The largest absolute Gasteiger partial charge is 0.329 e. The van der Waals surface area contributed by atoms with Crippen LogP contribution in [-0.2, 0) is 0 Å². The molecule has 114 valence electrons. The van der Waals surface area contributed by atoms with E-state index in [0.29, 0.717) is 24.7 Å². The van der Waals surface area contributed by atoms with E-state index in [1.807, 2.05) is 10.9 Å². The lowest BCUT2D eigenvalue weighted by molar-refractivity contribution is 0.0304. The highest BCUT2D eigenvalue weighted by molar-refractivity contribution is 5.11. The minimum Gasteiger partial charge on any atom is -0.329 e. The number of piperidine rings is 1. The van der Waals surface area contributed by atoms with Crippen LogP contribution in [0.1, 0.15) is 64.6 Å². The molecule has 1 saturated heterocycles. The Morgan fingerprint density at radius 1 is 1.35 bits per heavy atom. The molecule has 20 heavy (non-hydrogen) atoms. The van der Waals surface area contributed by atoms with Crippen LogP contribution in [0, 0.1) is 0 Å². The van der Waals surface area contributed by atoms with Crippen LogP contribution >= 0.6 is 0 Å². The fraction of sp³-hybridized carbons (Fsp3) is 0.800. The molecule has 5 heteroatoms. The van der Waals surface area contributed by atoms with Crippen molar-refractivity contribution in [2.75, 3.05) is 6.54 Å². The highest BCUT2D eigenvalue weighted by Crippen LogP contribution is 2.23. The Bertz CT molecular complexity index is 404. The lowest BCUT2D eigenvalue weighted by Crippen LogP contribution is -2.54. The van der Waals surface area contributed by atoms with Gasteiger partial charge in [0.25, 0.3) is 0 Å². The molecule has 3 unspecified atom stereocenters. The van der Waals surface area contributed by atoms with E-state index < -0.39 is 0 Å². The van der Waals surface area contributed by atoms with Crippen molar-refractivity contribution in [1.82, 2.24) is 20.2 Å². The molecule has 0 spiro atoms. The van der Waals surface area contributed by atoms with Crippen LogP contribution in [0.4, 0.5) is 0 Å². The fourth-order valence-corrected chi connectivity index (χ4v) is 2.93. The van der Waals surface area contributed by atoms with Crippen LogP contribution in [0.5, 0.6) is 0 Å². The number of hydrogen-bond acceptors (Lipinski definition) is 4. The van der Waals surface area contributed by atoms with Gasteiger partial charge in [0.1, 0.15) is 0 Å². The van der Waals surface area contributed by atoms with Crippen molar-refractivity contribution in [3.63, 3.8) is 0 Å². The Morgan fingerprint density at radius 2 is 2.00 bits per heavy atom. The summed E-state index contributed by atoms with van der Waals surface area (Å²) in [6.07, 6.45) is 7.86. The Labute approximate surface area is 122 Å². The van der Waals surface area contributed by atoms with Gasteiger partial charge in [-0.1, -0.05) is 6.42 Å². The maximum Gasteiger partial charge on any atom is 0.0618 e. The molecule has 0 radical (unpaired) electrons. The number of nitrogens with one attached hydrogen (secondary N) is 1. The van der Waals surface area contributed by atoms with Gasteiger partial charge < -0.3 is 5.73 Å². The van der Waals surface area contributed by atoms with E-state index in [4.69, 9.17) is 5.73 Å². The second-order valence-electron chi connectivity index (χ2n) is 6.30. The molecule has 3 atom stereocenters. The summed E-state index contributed by atoms with van der Waals surface area (Å²) >= 11 is 0. The van der Waals surface area contributed by atoms with Gasteiger partial charge in [-0.05, 0) is 40.5 Å². The second kappa shape index (κ2) is 6.70. The monoisotopic (exact) mass is 279 g/mol. The molecule has 0 aromatic carbocycles. The van der Waals surface area contributed by atoms with E-state index in [9.17, 15) is 0 Å². The lowest BCUT2D eigenvalue weighted by Gasteiger charge is -2.41. The van der Waals surface area contributed by atoms with Crippen molar-refractivity contribution >= 4 is 0 Å². The zero-order valence-electron chi connectivity index (χ0n) is 13.2. The number of hydrogen-bond donors (Lipinski definition) is 2. The molecule has 1 fully saturated rings. The minimum absolute atomic E-state index is 0.144. The minimum atomic E-state index is 0.144. The SMILES string of the molecule is CC1CCCC(C)N1NC(CN)c1cnn(C(C)C)c1. The van der Waals surface area contributed by atoms with Crippen molar-refractivity contribution in [3.05, 3.63) is 18.0 Å². The summed E-state index contributed by atoms with van der Waals surface area (Å²) in [6, 6.07) is 1.65. The number of rotatable bonds is 5. The van der Waals surface area contributed by atoms with Gasteiger partial charge in [0.05, 0.1) is 12.2 Å². The third-order valence-corrected chi connectivity index (χ3v) is 4.29. The quantitative estimate of drug-likeness (QED) is 0.868. The van der Waals surface area contributed by atoms with Gasteiger partial charge >= 0.3 is 0 Å². The summed E-state index contributed by atoms with van der Waals surface area (Å²) in [6.45, 7) is 9.42. The van der Waals surface area contributed by atoms with Crippen LogP contribution < -0.4 is 11.2 Å². The van der Waals surface area contributed by atoms with Crippen LogP contribution in [0.25, 0.3) is 0 Å². The molecular formula is C15H29N5. The molecule has 2 rings (SSSR count). The smallest absolute Gasteiger partial charge is 0.0618 e. The van der Waals surface area contributed by atoms with Crippen molar-refractivity contribution < 1.29 is 0 Å². The number of aromatic nitrogens is 2. The zero-order valence-corrected chi connectivity index (χ0v) is 13.2. The molecule has 0 aliphatic carbocycles. The molecule has 1 aromatic rings. The topological polar surface area (TPSA) is 59.1 Å². The first-order valence-electron chi connectivity index (χ1n) is 7.81. The Kier molecular flexibility index (Phi) is 5.18. The van der Waals surface area contributed by atoms with Crippen molar-refractivity contribution in [3.8, 4) is 0 Å². The standard InChI is InChI=1S/C15H29N5/c1-11(2)19-10-14(9-17-19)15(8-16)18-20-12(3)6-5-7-13(20)4/h9-13,15,18H,5-8,16H2,1-4H3. The normalized spacial score (nSPS) is 26.1. The Balaban J connectivity index is 2.07. The van der Waals surface area contributed by atoms with Crippen molar-refractivity contribution in [2.24, 2.45) is 5.73 Å². The van der Waals surface area contributed by atoms with Gasteiger partial charge in [0, 0.05) is 36.4 Å². The van der Waals surface area contributed by atoms with Crippen LogP contribution in [-0.4, -0.2) is 33.4 Å². The predicted molar refractivity (Wildman–Crippen MR) is 82.2 cm³/mol. The predicted octanol–water partition coefficient (Wildman–Crippen LogP) is 2.23. The highest BCUT2D eigenvalue weighted by atomic mass is 15.5. The molecule has 2 heterocycles. The van der Waals surface area contributed by atoms with Crippen LogP contribution in [0.15, 0.2) is 12.4 Å². The lowest BCUT2D eigenvalue weighted by atomic mass is 9.99.